The Morgan fingerprint density at radius 3 is 2.45 bits per heavy atom. The fourth-order valence-corrected chi connectivity index (χ4v) is 5.52. The van der Waals surface area contributed by atoms with Crippen LogP contribution >= 0.6 is 0 Å². The Morgan fingerprint density at radius 1 is 1.16 bits per heavy atom. The van der Waals surface area contributed by atoms with E-state index in [9.17, 15) is 13.2 Å². The Morgan fingerprint density at radius 2 is 1.84 bits per heavy atom. The van der Waals surface area contributed by atoms with E-state index >= 15 is 0 Å². The van der Waals surface area contributed by atoms with Crippen LogP contribution in [0.1, 0.15) is 61.8 Å². The topological polar surface area (TPSA) is 95.8 Å². The van der Waals surface area contributed by atoms with Crippen LogP contribution < -0.4 is 10.2 Å². The van der Waals surface area contributed by atoms with Crippen molar-refractivity contribution in [3.05, 3.63) is 35.2 Å². The zero-order valence-electron chi connectivity index (χ0n) is 18.8. The number of rotatable bonds is 8. The molecule has 1 aliphatic heterocycles. The largest absolute Gasteiger partial charge is 0.370 e. The van der Waals surface area contributed by atoms with Crippen molar-refractivity contribution in [1.82, 2.24) is 9.46 Å². The van der Waals surface area contributed by atoms with Crippen LogP contribution in [0.25, 0.3) is 0 Å². The van der Waals surface area contributed by atoms with Crippen molar-refractivity contribution in [2.75, 3.05) is 36.4 Å². The number of nitrogens with one attached hydrogen (secondary N) is 1. The third-order valence-electron chi connectivity index (χ3n) is 5.75. The normalized spacial score (nSPS) is 14.8. The minimum Gasteiger partial charge on any atom is -0.370 e. The first-order valence-corrected chi connectivity index (χ1v) is 12.4. The fraction of sp³-hybridized carbons (Fsp3) is 0.545. The maximum absolute atomic E-state index is 13.1. The zero-order chi connectivity index (χ0) is 22.6. The van der Waals surface area contributed by atoms with E-state index in [1.807, 2.05) is 20.8 Å². The van der Waals surface area contributed by atoms with E-state index in [1.54, 1.807) is 25.1 Å². The van der Waals surface area contributed by atoms with Crippen LogP contribution in [-0.4, -0.2) is 50.0 Å². The first-order chi connectivity index (χ1) is 14.8. The summed E-state index contributed by atoms with van der Waals surface area (Å²) >= 11 is 0. The van der Waals surface area contributed by atoms with Gasteiger partial charge in [0, 0.05) is 26.2 Å². The Kier molecular flexibility index (Phi) is 7.38. The van der Waals surface area contributed by atoms with Crippen LogP contribution in [0.3, 0.4) is 0 Å². The lowest BCUT2D eigenvalue weighted by atomic mass is 10.1. The van der Waals surface area contributed by atoms with E-state index in [0.29, 0.717) is 42.2 Å². The van der Waals surface area contributed by atoms with Gasteiger partial charge in [-0.1, -0.05) is 25.9 Å². The summed E-state index contributed by atoms with van der Waals surface area (Å²) in [5.41, 5.74) is 2.31. The molecule has 0 spiro atoms. The van der Waals surface area contributed by atoms with Gasteiger partial charge in [-0.2, -0.15) is 4.31 Å². The summed E-state index contributed by atoms with van der Waals surface area (Å²) < 4.78 is 32.8. The molecule has 2 aromatic rings. The lowest BCUT2D eigenvalue weighted by Crippen LogP contribution is -2.32. The molecule has 1 saturated heterocycles. The van der Waals surface area contributed by atoms with Crippen LogP contribution in [0.4, 0.5) is 11.4 Å². The second kappa shape index (κ2) is 9.82. The standard InChI is InChI=1S/C22H32N4O4S/c1-5-18-21(16(4)30-24-18)22(27)23-19-15-17(31(28,29)26(6-2)7-3)11-12-20(19)25-13-9-8-10-14-25/h11-12,15H,5-10,13-14H2,1-4H3,(H,23,27). The number of sulfonamides is 1. The SMILES string of the molecule is CCc1noc(C)c1C(=O)Nc1cc(S(=O)(=O)N(CC)CC)ccc1N1CCCCC1. The van der Waals surface area contributed by atoms with E-state index in [0.717, 1.165) is 31.6 Å². The highest BCUT2D eigenvalue weighted by molar-refractivity contribution is 7.89. The Balaban J connectivity index is 2.04. The van der Waals surface area contributed by atoms with Crippen LogP contribution in [-0.2, 0) is 16.4 Å². The van der Waals surface area contributed by atoms with E-state index in [4.69, 9.17) is 4.52 Å². The molecule has 170 valence electrons. The predicted octanol–water partition coefficient (Wildman–Crippen LogP) is 3.82. The number of nitrogens with zero attached hydrogens (tertiary/aromatic N) is 3. The number of aromatic nitrogens is 1. The molecule has 31 heavy (non-hydrogen) atoms. The molecule has 3 rings (SSSR count). The van der Waals surface area contributed by atoms with Gasteiger partial charge in [0.1, 0.15) is 11.3 Å². The molecular weight excluding hydrogens is 416 g/mol. The maximum Gasteiger partial charge on any atom is 0.261 e. The maximum atomic E-state index is 13.1. The molecule has 0 bridgehead atoms. The number of hydrogen-bond donors (Lipinski definition) is 1. The number of hydrogen-bond acceptors (Lipinski definition) is 6. The van der Waals surface area contributed by atoms with E-state index in [2.05, 4.69) is 15.4 Å². The van der Waals surface area contributed by atoms with E-state index in [1.165, 1.54) is 10.7 Å². The molecule has 1 fully saturated rings. The van der Waals surface area contributed by atoms with Crippen molar-refractivity contribution in [2.45, 2.75) is 58.3 Å². The molecule has 8 nitrogen and oxygen atoms in total. The lowest BCUT2D eigenvalue weighted by molar-refractivity contribution is 0.102. The third-order valence-corrected chi connectivity index (χ3v) is 7.80. The molecule has 1 aliphatic rings. The molecule has 1 aromatic carbocycles. The molecule has 2 heterocycles. The number of benzene rings is 1. The van der Waals surface area contributed by atoms with Gasteiger partial charge in [-0.15, -0.1) is 0 Å². The molecule has 0 atom stereocenters. The number of amides is 1. The Bertz CT molecular complexity index is 1020. The Labute approximate surface area is 184 Å². The minimum atomic E-state index is -3.65. The minimum absolute atomic E-state index is 0.171. The summed E-state index contributed by atoms with van der Waals surface area (Å²) in [5, 5.41) is 6.91. The van der Waals surface area contributed by atoms with Gasteiger partial charge in [-0.25, -0.2) is 8.42 Å². The van der Waals surface area contributed by atoms with Crippen molar-refractivity contribution >= 4 is 27.3 Å². The van der Waals surface area contributed by atoms with Crippen LogP contribution in [0.15, 0.2) is 27.6 Å². The van der Waals surface area contributed by atoms with Crippen LogP contribution in [0, 0.1) is 6.92 Å². The zero-order valence-corrected chi connectivity index (χ0v) is 19.6. The molecular formula is C22H32N4O4S. The number of carbonyl (C=O) groups is 1. The van der Waals surface area contributed by atoms with Crippen LogP contribution in [0.2, 0.25) is 0 Å². The summed E-state index contributed by atoms with van der Waals surface area (Å²) in [6, 6.07) is 5.01. The van der Waals surface area contributed by atoms with Gasteiger partial charge in [-0.05, 0) is 50.8 Å². The molecule has 0 aliphatic carbocycles. The first-order valence-electron chi connectivity index (χ1n) is 11.0. The smallest absolute Gasteiger partial charge is 0.261 e. The van der Waals surface area contributed by atoms with E-state index < -0.39 is 10.0 Å². The molecule has 0 saturated carbocycles. The van der Waals surface area contributed by atoms with Crippen molar-refractivity contribution in [2.24, 2.45) is 0 Å². The average molecular weight is 449 g/mol. The second-order valence-electron chi connectivity index (χ2n) is 7.68. The summed E-state index contributed by atoms with van der Waals surface area (Å²) in [5.74, 6) is 0.104. The molecule has 9 heteroatoms. The number of piperidine rings is 1. The van der Waals surface area contributed by atoms with Gasteiger partial charge in [-0.3, -0.25) is 4.79 Å². The van der Waals surface area contributed by atoms with Gasteiger partial charge in [0.05, 0.1) is 22.0 Å². The van der Waals surface area contributed by atoms with Crippen molar-refractivity contribution in [3.8, 4) is 0 Å². The van der Waals surface area contributed by atoms with E-state index in [-0.39, 0.29) is 10.8 Å². The molecule has 0 radical (unpaired) electrons. The number of anilines is 2. The van der Waals surface area contributed by atoms with Gasteiger partial charge in [0.2, 0.25) is 10.0 Å². The second-order valence-corrected chi connectivity index (χ2v) is 9.62. The molecule has 0 unspecified atom stereocenters. The van der Waals surface area contributed by atoms with Gasteiger partial charge < -0.3 is 14.7 Å². The summed E-state index contributed by atoms with van der Waals surface area (Å²) in [4.78, 5) is 15.5. The quantitative estimate of drug-likeness (QED) is 0.660. The van der Waals surface area contributed by atoms with Gasteiger partial charge in [0.15, 0.2) is 0 Å². The highest BCUT2D eigenvalue weighted by atomic mass is 32.2. The fourth-order valence-electron chi connectivity index (χ4n) is 4.03. The van der Waals surface area contributed by atoms with Crippen molar-refractivity contribution in [3.63, 3.8) is 0 Å². The third kappa shape index (κ3) is 4.77. The molecule has 1 N–H and O–H groups in total. The average Bonchev–Trinajstić information content (AvgIpc) is 3.15. The number of carbonyl (C=O) groups excluding carboxylic acids is 1. The highest BCUT2D eigenvalue weighted by Gasteiger charge is 2.26. The molecule has 1 aromatic heterocycles. The van der Waals surface area contributed by atoms with Crippen molar-refractivity contribution in [1.29, 1.82) is 0 Å². The summed E-state index contributed by atoms with van der Waals surface area (Å²) in [6.45, 7) is 9.75. The Hall–Kier alpha value is -2.39. The summed E-state index contributed by atoms with van der Waals surface area (Å²) in [7, 11) is -3.65. The molecule has 1 amide bonds. The monoisotopic (exact) mass is 448 g/mol. The van der Waals surface area contributed by atoms with Gasteiger partial charge >= 0.3 is 0 Å². The van der Waals surface area contributed by atoms with Crippen LogP contribution in [0.5, 0.6) is 0 Å². The van der Waals surface area contributed by atoms with Crippen molar-refractivity contribution < 1.29 is 17.7 Å². The predicted molar refractivity (Wildman–Crippen MR) is 121 cm³/mol. The summed E-state index contributed by atoms with van der Waals surface area (Å²) in [6.07, 6.45) is 3.87. The first kappa shape index (κ1) is 23.3. The van der Waals surface area contributed by atoms with Gasteiger partial charge in [0.25, 0.3) is 5.91 Å². The highest BCUT2D eigenvalue weighted by Crippen LogP contribution is 2.33. The number of aryl methyl sites for hydroxylation is 2. The lowest BCUT2D eigenvalue weighted by Gasteiger charge is -2.31.